The Balaban J connectivity index is 2.10. The molecule has 21 heavy (non-hydrogen) atoms. The fourth-order valence-corrected chi connectivity index (χ4v) is 2.74. The van der Waals surface area contributed by atoms with Gasteiger partial charge in [-0.1, -0.05) is 11.6 Å². The minimum absolute atomic E-state index is 0.0308. The third-order valence-electron chi connectivity index (χ3n) is 3.65. The molecule has 1 saturated carbocycles. The van der Waals surface area contributed by atoms with Crippen LogP contribution in [0, 0.1) is 5.92 Å². The van der Waals surface area contributed by atoms with E-state index in [1.807, 2.05) is 0 Å². The molecule has 0 saturated heterocycles. The van der Waals surface area contributed by atoms with E-state index in [0.717, 1.165) is 19.3 Å². The lowest BCUT2D eigenvalue weighted by molar-refractivity contribution is 0.0951. The molecule has 1 aliphatic rings. The summed E-state index contributed by atoms with van der Waals surface area (Å²) in [5.74, 6) is -0.0837. The van der Waals surface area contributed by atoms with Gasteiger partial charge in [0.15, 0.2) is 0 Å². The molecule has 116 valence electrons. The van der Waals surface area contributed by atoms with Crippen LogP contribution in [0.3, 0.4) is 0 Å². The monoisotopic (exact) mass is 315 g/mol. The lowest BCUT2D eigenvalue weighted by Gasteiger charge is -2.17. The zero-order valence-electron chi connectivity index (χ0n) is 11.6. The molecule has 1 heterocycles. The van der Waals surface area contributed by atoms with E-state index in [9.17, 15) is 14.3 Å². The van der Waals surface area contributed by atoms with E-state index in [4.69, 9.17) is 11.6 Å². The van der Waals surface area contributed by atoms with Crippen LogP contribution in [0.15, 0.2) is 12.3 Å². The second-order valence-corrected chi connectivity index (χ2v) is 5.59. The van der Waals surface area contributed by atoms with E-state index in [1.54, 1.807) is 6.07 Å². The van der Waals surface area contributed by atoms with Crippen molar-refractivity contribution in [3.05, 3.63) is 23.0 Å². The van der Waals surface area contributed by atoms with Crippen LogP contribution in [0.2, 0.25) is 5.15 Å². The predicted molar refractivity (Wildman–Crippen MR) is 79.4 cm³/mol. The van der Waals surface area contributed by atoms with Gasteiger partial charge in [0, 0.05) is 25.4 Å². The van der Waals surface area contributed by atoms with Crippen molar-refractivity contribution >= 4 is 23.2 Å². The normalized spacial score (nSPS) is 21.3. The third kappa shape index (κ3) is 4.28. The van der Waals surface area contributed by atoms with Gasteiger partial charge in [-0.05, 0) is 31.2 Å². The topological polar surface area (TPSA) is 74.2 Å². The number of carbonyl (C=O) groups is 1. The van der Waals surface area contributed by atoms with Crippen LogP contribution in [-0.2, 0) is 0 Å². The largest absolute Gasteiger partial charge is 0.396 e. The molecular weight excluding hydrogens is 297 g/mol. The summed E-state index contributed by atoms with van der Waals surface area (Å²) in [5.41, 5.74) is 0.940. The fraction of sp³-hybridized carbons (Fsp3) is 0.571. The highest BCUT2D eigenvalue weighted by atomic mass is 35.5. The summed E-state index contributed by atoms with van der Waals surface area (Å²) in [7, 11) is 0. The summed E-state index contributed by atoms with van der Waals surface area (Å²) in [4.78, 5) is 15.9. The molecule has 1 fully saturated rings. The van der Waals surface area contributed by atoms with Gasteiger partial charge in [-0.2, -0.15) is 0 Å². The molecule has 0 bridgehead atoms. The molecule has 0 aromatic carbocycles. The van der Waals surface area contributed by atoms with Crippen molar-refractivity contribution in [3.8, 4) is 0 Å². The molecule has 2 rings (SSSR count). The molecule has 5 nitrogen and oxygen atoms in total. The number of nitrogens with one attached hydrogen (secondary N) is 2. The number of hydrogen-bond acceptors (Lipinski definition) is 4. The SMILES string of the molecule is O=C(NCCF)c1cnc(Cl)cc1N[C@@H]1CC[C@H](CO)C1. The Kier molecular flexibility index (Phi) is 5.76. The molecule has 1 aromatic heterocycles. The number of halogens is 2. The number of carbonyl (C=O) groups excluding carboxylic acids is 1. The minimum atomic E-state index is -0.615. The maximum atomic E-state index is 12.2. The lowest BCUT2D eigenvalue weighted by Crippen LogP contribution is -2.27. The zero-order valence-corrected chi connectivity index (χ0v) is 12.4. The summed E-state index contributed by atoms with van der Waals surface area (Å²) < 4.78 is 12.2. The van der Waals surface area contributed by atoms with Crippen LogP contribution in [0.1, 0.15) is 29.6 Å². The smallest absolute Gasteiger partial charge is 0.255 e. The standard InChI is InChI=1S/C14H19ClFN3O2/c15-13-6-12(19-10-2-1-9(5-10)8-20)11(7-18-13)14(21)17-4-3-16/h6-7,9-10,20H,1-5,8H2,(H,17,21)(H,18,19)/t9-,10+/m0/s1. The Morgan fingerprint density at radius 3 is 3.00 bits per heavy atom. The van der Waals surface area contributed by atoms with Gasteiger partial charge in [0.05, 0.1) is 11.3 Å². The lowest BCUT2D eigenvalue weighted by atomic mass is 10.1. The van der Waals surface area contributed by atoms with Gasteiger partial charge in [0.2, 0.25) is 0 Å². The van der Waals surface area contributed by atoms with Gasteiger partial charge in [0.25, 0.3) is 5.91 Å². The van der Waals surface area contributed by atoms with Gasteiger partial charge in [-0.15, -0.1) is 0 Å². The van der Waals surface area contributed by atoms with Crippen LogP contribution in [0.25, 0.3) is 0 Å². The molecule has 0 radical (unpaired) electrons. The van der Waals surface area contributed by atoms with Gasteiger partial charge in [0.1, 0.15) is 11.8 Å². The van der Waals surface area contributed by atoms with Crippen molar-refractivity contribution in [2.45, 2.75) is 25.3 Å². The molecule has 1 aliphatic carbocycles. The first kappa shape index (κ1) is 16.0. The van der Waals surface area contributed by atoms with E-state index in [1.165, 1.54) is 6.20 Å². The molecule has 0 spiro atoms. The van der Waals surface area contributed by atoms with E-state index in [2.05, 4.69) is 15.6 Å². The second kappa shape index (κ2) is 7.56. The van der Waals surface area contributed by atoms with E-state index < -0.39 is 6.67 Å². The Bertz CT molecular complexity index is 501. The zero-order chi connectivity index (χ0) is 15.2. The van der Waals surface area contributed by atoms with Crippen molar-refractivity contribution in [2.75, 3.05) is 25.1 Å². The van der Waals surface area contributed by atoms with Crippen molar-refractivity contribution in [1.29, 1.82) is 0 Å². The molecule has 3 N–H and O–H groups in total. The number of rotatable bonds is 6. The van der Waals surface area contributed by atoms with Crippen LogP contribution in [-0.4, -0.2) is 41.9 Å². The molecule has 1 amide bonds. The summed E-state index contributed by atoms with van der Waals surface area (Å²) in [5, 5.41) is 15.2. The number of nitrogens with zero attached hydrogens (tertiary/aromatic N) is 1. The van der Waals surface area contributed by atoms with E-state index >= 15 is 0 Å². The van der Waals surface area contributed by atoms with Crippen LogP contribution >= 0.6 is 11.6 Å². The molecule has 2 atom stereocenters. The maximum Gasteiger partial charge on any atom is 0.255 e. The van der Waals surface area contributed by atoms with Crippen LogP contribution < -0.4 is 10.6 Å². The average Bonchev–Trinajstić information content (AvgIpc) is 2.92. The van der Waals surface area contributed by atoms with Crippen LogP contribution in [0.5, 0.6) is 0 Å². The van der Waals surface area contributed by atoms with E-state index in [0.29, 0.717) is 17.2 Å². The first-order chi connectivity index (χ1) is 10.1. The number of amides is 1. The molecular formula is C14H19ClFN3O2. The fourth-order valence-electron chi connectivity index (χ4n) is 2.58. The highest BCUT2D eigenvalue weighted by molar-refractivity contribution is 6.29. The van der Waals surface area contributed by atoms with E-state index in [-0.39, 0.29) is 30.3 Å². The number of pyridine rings is 1. The number of aromatic nitrogens is 1. The highest BCUT2D eigenvalue weighted by Crippen LogP contribution is 2.29. The number of hydrogen-bond donors (Lipinski definition) is 3. The van der Waals surface area contributed by atoms with Crippen molar-refractivity contribution in [2.24, 2.45) is 5.92 Å². The van der Waals surface area contributed by atoms with Crippen molar-refractivity contribution in [3.63, 3.8) is 0 Å². The van der Waals surface area contributed by atoms with Gasteiger partial charge < -0.3 is 15.7 Å². The molecule has 7 heteroatoms. The van der Waals surface area contributed by atoms with Gasteiger partial charge in [-0.25, -0.2) is 9.37 Å². The van der Waals surface area contributed by atoms with Crippen molar-refractivity contribution in [1.82, 2.24) is 10.3 Å². The minimum Gasteiger partial charge on any atom is -0.396 e. The number of anilines is 1. The van der Waals surface area contributed by atoms with Crippen LogP contribution in [0.4, 0.5) is 10.1 Å². The summed E-state index contributed by atoms with van der Waals surface area (Å²) >= 11 is 5.88. The summed E-state index contributed by atoms with van der Waals surface area (Å²) in [6, 6.07) is 1.78. The van der Waals surface area contributed by atoms with Gasteiger partial charge in [-0.3, -0.25) is 4.79 Å². The highest BCUT2D eigenvalue weighted by Gasteiger charge is 2.25. The first-order valence-corrected chi connectivity index (χ1v) is 7.39. The Morgan fingerprint density at radius 2 is 2.33 bits per heavy atom. The molecule has 0 aliphatic heterocycles. The summed E-state index contributed by atoms with van der Waals surface area (Å²) in [6.45, 7) is -0.466. The Hall–Kier alpha value is -1.40. The quantitative estimate of drug-likeness (QED) is 0.702. The first-order valence-electron chi connectivity index (χ1n) is 7.01. The molecule has 1 aromatic rings. The summed E-state index contributed by atoms with van der Waals surface area (Å²) in [6.07, 6.45) is 4.12. The number of aliphatic hydroxyl groups is 1. The van der Waals surface area contributed by atoms with Crippen molar-refractivity contribution < 1.29 is 14.3 Å². The predicted octanol–water partition coefficient (Wildman–Crippen LogP) is 2.01. The van der Waals surface area contributed by atoms with Gasteiger partial charge >= 0.3 is 0 Å². The third-order valence-corrected chi connectivity index (χ3v) is 3.86. The molecule has 0 unspecified atom stereocenters. The maximum absolute atomic E-state index is 12.2. The Morgan fingerprint density at radius 1 is 1.52 bits per heavy atom. The number of alkyl halides is 1. The number of aliphatic hydroxyl groups excluding tert-OH is 1. The Labute approximate surface area is 127 Å². The second-order valence-electron chi connectivity index (χ2n) is 5.20. The average molecular weight is 316 g/mol.